The molecule has 0 aliphatic heterocycles. The van der Waals surface area contributed by atoms with Crippen molar-refractivity contribution >= 4 is 10.9 Å². The highest BCUT2D eigenvalue weighted by Crippen LogP contribution is 2.36. The molecule has 2 atom stereocenters. The number of rotatable bonds is 9. The Labute approximate surface area is 211 Å². The number of aliphatic hydroxyl groups is 2. The van der Waals surface area contributed by atoms with Crippen LogP contribution in [0, 0.1) is 19.7 Å². The number of halogens is 1. The summed E-state index contributed by atoms with van der Waals surface area (Å²) in [7, 11) is -1.61. The Hall–Kier alpha value is -3.50. The number of benzene rings is 3. The summed E-state index contributed by atoms with van der Waals surface area (Å²) < 4.78 is 41.8. The molecule has 3 aromatic carbocycles. The number of aromatic hydroxyl groups is 1. The van der Waals surface area contributed by atoms with Crippen LogP contribution >= 0.6 is 10.9 Å². The van der Waals surface area contributed by atoms with E-state index in [0.717, 1.165) is 22.3 Å². The second kappa shape index (κ2) is 11.0. The van der Waals surface area contributed by atoms with Crippen LogP contribution in [0.4, 0.5) is 4.39 Å². The minimum Gasteiger partial charge on any atom is -0.568 e. The maximum absolute atomic E-state index is 15.0. The molecule has 188 valence electrons. The molecule has 0 aliphatic rings. The fourth-order valence-corrected chi connectivity index (χ4v) is 4.79. The number of hydrogen-bond acceptors (Lipinski definition) is 7. The second-order valence-corrected chi connectivity index (χ2v) is 9.49. The van der Waals surface area contributed by atoms with E-state index in [2.05, 4.69) is 4.37 Å². The molecule has 7 nitrogen and oxygen atoms in total. The average Bonchev–Trinajstić information content (AvgIpc) is 3.22. The molecule has 1 aromatic heterocycles. The van der Waals surface area contributed by atoms with Crippen molar-refractivity contribution in [1.29, 1.82) is 0 Å². The van der Waals surface area contributed by atoms with Crippen molar-refractivity contribution in [2.24, 2.45) is 0 Å². The quantitative estimate of drug-likeness (QED) is 0.273. The van der Waals surface area contributed by atoms with Crippen LogP contribution in [-0.4, -0.2) is 43.6 Å². The topological polar surface area (TPSA) is 115 Å². The fourth-order valence-electron chi connectivity index (χ4n) is 3.92. The van der Waals surface area contributed by atoms with Gasteiger partial charge in [0.1, 0.15) is 25.1 Å². The molecule has 0 radical (unpaired) electrons. The first-order chi connectivity index (χ1) is 17.3. The van der Waals surface area contributed by atoms with Crippen LogP contribution in [0.25, 0.3) is 21.6 Å². The van der Waals surface area contributed by atoms with E-state index in [-0.39, 0.29) is 24.8 Å². The van der Waals surface area contributed by atoms with E-state index in [4.69, 9.17) is 14.6 Å². The Balaban J connectivity index is 1.49. The van der Waals surface area contributed by atoms with Gasteiger partial charge in [-0.25, -0.2) is 4.39 Å². The SMILES string of the molecule is Cc1cc(OC[C@H](O)CO)c(F)c(C)c1-c1cccc(COc2ccc(-c3cc(O)n[s+]3[O-])cc2)c1. The Bertz CT molecular complexity index is 1360. The fraction of sp³-hybridized carbons (Fsp3) is 0.222. The highest BCUT2D eigenvalue weighted by Gasteiger charge is 2.18. The van der Waals surface area contributed by atoms with E-state index in [0.29, 0.717) is 21.8 Å². The summed E-state index contributed by atoms with van der Waals surface area (Å²) in [6, 6.07) is 17.6. The van der Waals surface area contributed by atoms with Crippen molar-refractivity contribution in [3.63, 3.8) is 0 Å². The third-order valence-electron chi connectivity index (χ3n) is 5.69. The third-order valence-corrected chi connectivity index (χ3v) is 6.77. The summed E-state index contributed by atoms with van der Waals surface area (Å²) in [6.45, 7) is 3.15. The first kappa shape index (κ1) is 25.6. The van der Waals surface area contributed by atoms with Gasteiger partial charge in [-0.15, -0.1) is 0 Å². The lowest BCUT2D eigenvalue weighted by Crippen LogP contribution is -2.21. The predicted octanol–water partition coefficient (Wildman–Crippen LogP) is 4.92. The van der Waals surface area contributed by atoms with Gasteiger partial charge in [0.25, 0.3) is 5.88 Å². The van der Waals surface area contributed by atoms with Crippen molar-refractivity contribution in [1.82, 2.24) is 4.37 Å². The largest absolute Gasteiger partial charge is 0.568 e. The van der Waals surface area contributed by atoms with Crippen molar-refractivity contribution in [3.05, 3.63) is 83.2 Å². The van der Waals surface area contributed by atoms with Gasteiger partial charge in [0.2, 0.25) is 4.88 Å². The predicted molar refractivity (Wildman–Crippen MR) is 134 cm³/mol. The molecule has 4 aromatic rings. The van der Waals surface area contributed by atoms with Gasteiger partial charge in [0, 0.05) is 9.94 Å². The molecule has 0 saturated heterocycles. The van der Waals surface area contributed by atoms with Gasteiger partial charge in [-0.05, 0) is 78.1 Å². The summed E-state index contributed by atoms with van der Waals surface area (Å²) in [4.78, 5) is 0.436. The normalized spacial score (nSPS) is 12.4. The molecule has 36 heavy (non-hydrogen) atoms. The van der Waals surface area contributed by atoms with Gasteiger partial charge in [-0.2, -0.15) is 0 Å². The summed E-state index contributed by atoms with van der Waals surface area (Å²) in [5.74, 6) is -0.122. The van der Waals surface area contributed by atoms with Crippen LogP contribution in [0.5, 0.6) is 17.4 Å². The molecular weight excluding hydrogens is 485 g/mol. The highest BCUT2D eigenvalue weighted by atomic mass is 32.2. The van der Waals surface area contributed by atoms with Crippen LogP contribution in [0.15, 0.2) is 60.7 Å². The Kier molecular flexibility index (Phi) is 7.85. The van der Waals surface area contributed by atoms with E-state index in [1.807, 2.05) is 31.2 Å². The minimum atomic E-state index is -1.61. The molecule has 0 bridgehead atoms. The summed E-state index contributed by atoms with van der Waals surface area (Å²) >= 11 is 0. The van der Waals surface area contributed by atoms with Crippen LogP contribution in [0.3, 0.4) is 0 Å². The van der Waals surface area contributed by atoms with Gasteiger partial charge in [0.15, 0.2) is 11.6 Å². The lowest BCUT2D eigenvalue weighted by Gasteiger charge is -2.17. The molecule has 1 unspecified atom stereocenters. The van der Waals surface area contributed by atoms with Gasteiger partial charge < -0.3 is 29.3 Å². The maximum atomic E-state index is 15.0. The van der Waals surface area contributed by atoms with Crippen LogP contribution in [0.1, 0.15) is 16.7 Å². The number of aromatic nitrogens is 1. The Morgan fingerprint density at radius 3 is 2.44 bits per heavy atom. The Morgan fingerprint density at radius 1 is 1.03 bits per heavy atom. The number of hydrogen-bond donors (Lipinski definition) is 3. The van der Waals surface area contributed by atoms with E-state index < -0.39 is 29.5 Å². The lowest BCUT2D eigenvalue weighted by molar-refractivity contribution is 0.0523. The van der Waals surface area contributed by atoms with E-state index >= 15 is 4.39 Å². The van der Waals surface area contributed by atoms with E-state index in [9.17, 15) is 14.8 Å². The average molecular weight is 512 g/mol. The molecular formula is C27H26FNO6S. The van der Waals surface area contributed by atoms with Crippen LogP contribution < -0.4 is 9.47 Å². The van der Waals surface area contributed by atoms with Gasteiger partial charge in [-0.1, -0.05) is 18.2 Å². The van der Waals surface area contributed by atoms with E-state index in [1.54, 1.807) is 37.3 Å². The number of aliphatic hydroxyl groups excluding tert-OH is 2. The number of ether oxygens (including phenoxy) is 2. The zero-order chi connectivity index (χ0) is 25.8. The molecule has 1 heterocycles. The summed E-state index contributed by atoms with van der Waals surface area (Å²) in [5, 5.41) is 27.9. The van der Waals surface area contributed by atoms with Crippen LogP contribution in [0.2, 0.25) is 0 Å². The molecule has 9 heteroatoms. The standard InChI is InChI=1S/C27H26FNO6S/c1-16-10-23(35-15-21(31)13-30)27(28)17(2)26(16)20-5-3-4-18(11-20)14-34-22-8-6-19(7-9-22)24-12-25(32)29-36(24)33/h3-12,21,30-31H,13-15H2,1-2H3,(H,29,32)/t21-,36?/m1/s1. The molecule has 0 aliphatic carbocycles. The molecule has 4 rings (SSSR count). The zero-order valence-electron chi connectivity index (χ0n) is 19.8. The van der Waals surface area contributed by atoms with Crippen molar-refractivity contribution in [2.75, 3.05) is 13.2 Å². The molecule has 3 N–H and O–H groups in total. The second-order valence-electron chi connectivity index (χ2n) is 8.37. The van der Waals surface area contributed by atoms with Gasteiger partial charge in [-0.3, -0.25) is 0 Å². The molecule has 0 saturated carbocycles. The van der Waals surface area contributed by atoms with E-state index in [1.165, 1.54) is 6.07 Å². The molecule has 0 amide bonds. The smallest absolute Gasteiger partial charge is 0.270 e. The number of aryl methyl sites for hydroxylation is 1. The summed E-state index contributed by atoms with van der Waals surface area (Å²) in [5.41, 5.74) is 4.38. The zero-order valence-corrected chi connectivity index (χ0v) is 20.6. The van der Waals surface area contributed by atoms with Crippen molar-refractivity contribution in [2.45, 2.75) is 26.6 Å². The number of nitrogens with zero attached hydrogens (tertiary/aromatic N) is 1. The summed E-state index contributed by atoms with van der Waals surface area (Å²) in [6.07, 6.45) is -1.08. The minimum absolute atomic E-state index is 0.0307. The monoisotopic (exact) mass is 511 g/mol. The van der Waals surface area contributed by atoms with Gasteiger partial charge in [0.05, 0.1) is 23.6 Å². The van der Waals surface area contributed by atoms with Gasteiger partial charge >= 0.3 is 0 Å². The third kappa shape index (κ3) is 5.66. The lowest BCUT2D eigenvalue weighted by atomic mass is 9.94. The molecule has 0 spiro atoms. The first-order valence-electron chi connectivity index (χ1n) is 11.2. The first-order valence-corrected chi connectivity index (χ1v) is 12.3. The van der Waals surface area contributed by atoms with Crippen molar-refractivity contribution in [3.8, 4) is 38.9 Å². The Morgan fingerprint density at radius 2 is 1.78 bits per heavy atom. The van der Waals surface area contributed by atoms with Crippen molar-refractivity contribution < 1.29 is 33.7 Å². The van der Waals surface area contributed by atoms with Crippen LogP contribution in [-0.2, 0) is 6.61 Å². The molecule has 0 fully saturated rings. The maximum Gasteiger partial charge on any atom is 0.270 e. The highest BCUT2D eigenvalue weighted by molar-refractivity contribution is 7.23.